The van der Waals surface area contributed by atoms with E-state index in [0.717, 1.165) is 31.6 Å². The Kier molecular flexibility index (Phi) is 7.59. The van der Waals surface area contributed by atoms with Crippen LogP contribution >= 0.6 is 24.0 Å². The molecule has 0 aromatic rings. The quantitative estimate of drug-likeness (QED) is 0.381. The van der Waals surface area contributed by atoms with Crippen molar-refractivity contribution in [3.8, 4) is 0 Å². The molecule has 0 bridgehead atoms. The molecule has 1 aliphatic carbocycles. The largest absolute Gasteiger partial charge is 0.357 e. The van der Waals surface area contributed by atoms with Crippen molar-refractivity contribution in [1.82, 2.24) is 15.1 Å². The molecule has 0 aromatic heterocycles. The minimum Gasteiger partial charge on any atom is -0.357 e. The molecule has 1 saturated heterocycles. The molecular formula is C15H31IN4O2S. The highest BCUT2D eigenvalue weighted by molar-refractivity contribution is 14.0. The highest BCUT2D eigenvalue weighted by Crippen LogP contribution is 2.25. The molecule has 2 aliphatic rings. The molecule has 1 aliphatic heterocycles. The molecular weight excluding hydrogens is 427 g/mol. The summed E-state index contributed by atoms with van der Waals surface area (Å²) < 4.78 is 23.5. The number of likely N-dealkylation sites (N-methyl/N-ethyl adjacent to an activating group) is 1. The van der Waals surface area contributed by atoms with E-state index in [9.17, 15) is 8.42 Å². The Balaban J connectivity index is 0.00000264. The third-order valence-electron chi connectivity index (χ3n) is 4.56. The molecule has 2 fully saturated rings. The molecule has 6 nitrogen and oxygen atoms in total. The molecule has 0 spiro atoms. The lowest BCUT2D eigenvalue weighted by atomic mass is 10.2. The molecule has 0 unspecified atom stereocenters. The molecule has 1 N–H and O–H groups in total. The van der Waals surface area contributed by atoms with Crippen LogP contribution in [0, 0.1) is 0 Å². The average Bonchev–Trinajstić information content (AvgIpc) is 3.25. The van der Waals surface area contributed by atoms with Gasteiger partial charge in [0.1, 0.15) is 0 Å². The smallest absolute Gasteiger partial charge is 0.194 e. The zero-order valence-electron chi connectivity index (χ0n) is 14.7. The lowest BCUT2D eigenvalue weighted by Crippen LogP contribution is -2.57. The van der Waals surface area contributed by atoms with Gasteiger partial charge in [0, 0.05) is 32.2 Å². The summed E-state index contributed by atoms with van der Waals surface area (Å²) in [5, 5.41) is 3.30. The maximum absolute atomic E-state index is 12.1. The highest BCUT2D eigenvalue weighted by atomic mass is 127. The SMILES string of the molecule is CCNC(=NCCN(C)C1CC1)N1CCS(=O)(=O)C(C)(C)C1.I. The molecule has 0 radical (unpaired) electrons. The minimum absolute atomic E-state index is 0. The first-order valence-corrected chi connectivity index (χ1v) is 9.88. The molecule has 0 atom stereocenters. The maximum atomic E-state index is 12.1. The summed E-state index contributed by atoms with van der Waals surface area (Å²) >= 11 is 0. The molecule has 0 aromatic carbocycles. The molecule has 1 heterocycles. The van der Waals surface area contributed by atoms with Crippen molar-refractivity contribution in [3.63, 3.8) is 0 Å². The number of rotatable bonds is 5. The van der Waals surface area contributed by atoms with Crippen LogP contribution in [-0.2, 0) is 9.84 Å². The van der Waals surface area contributed by atoms with Gasteiger partial charge in [-0.2, -0.15) is 0 Å². The third kappa shape index (κ3) is 5.45. The summed E-state index contributed by atoms with van der Waals surface area (Å²) in [6.45, 7) is 9.17. The van der Waals surface area contributed by atoms with E-state index in [4.69, 9.17) is 4.99 Å². The number of halogens is 1. The van der Waals surface area contributed by atoms with E-state index in [1.54, 1.807) is 13.8 Å². The van der Waals surface area contributed by atoms with Crippen molar-refractivity contribution in [3.05, 3.63) is 0 Å². The first-order valence-electron chi connectivity index (χ1n) is 8.22. The maximum Gasteiger partial charge on any atom is 0.194 e. The second-order valence-electron chi connectivity index (χ2n) is 6.95. The van der Waals surface area contributed by atoms with Gasteiger partial charge in [-0.1, -0.05) is 0 Å². The predicted molar refractivity (Wildman–Crippen MR) is 106 cm³/mol. The van der Waals surface area contributed by atoms with Crippen LogP contribution in [0.4, 0.5) is 0 Å². The van der Waals surface area contributed by atoms with Crippen LogP contribution < -0.4 is 5.32 Å². The number of hydrogen-bond donors (Lipinski definition) is 1. The van der Waals surface area contributed by atoms with Gasteiger partial charge in [-0.3, -0.25) is 4.99 Å². The first kappa shape index (κ1) is 21.0. The second kappa shape index (κ2) is 8.33. The van der Waals surface area contributed by atoms with Gasteiger partial charge in [0.05, 0.1) is 17.0 Å². The Morgan fingerprint density at radius 3 is 2.57 bits per heavy atom. The van der Waals surface area contributed by atoms with E-state index in [-0.39, 0.29) is 29.7 Å². The van der Waals surface area contributed by atoms with Gasteiger partial charge in [-0.25, -0.2) is 8.42 Å². The Morgan fingerprint density at radius 2 is 2.04 bits per heavy atom. The summed E-state index contributed by atoms with van der Waals surface area (Å²) in [6.07, 6.45) is 2.61. The van der Waals surface area contributed by atoms with Gasteiger partial charge in [-0.15, -0.1) is 24.0 Å². The summed E-state index contributed by atoms with van der Waals surface area (Å²) in [5.41, 5.74) is 0. The van der Waals surface area contributed by atoms with E-state index < -0.39 is 14.6 Å². The van der Waals surface area contributed by atoms with Crippen LogP contribution in [0.5, 0.6) is 0 Å². The van der Waals surface area contributed by atoms with Crippen LogP contribution in [0.3, 0.4) is 0 Å². The Bertz CT molecular complexity index is 518. The molecule has 23 heavy (non-hydrogen) atoms. The van der Waals surface area contributed by atoms with Crippen molar-refractivity contribution >= 4 is 39.8 Å². The molecule has 8 heteroatoms. The number of nitrogens with zero attached hydrogens (tertiary/aromatic N) is 3. The number of guanidine groups is 1. The fraction of sp³-hybridized carbons (Fsp3) is 0.933. The topological polar surface area (TPSA) is 65.0 Å². The van der Waals surface area contributed by atoms with Gasteiger partial charge in [0.2, 0.25) is 0 Å². The van der Waals surface area contributed by atoms with Crippen LogP contribution in [0.15, 0.2) is 4.99 Å². The molecule has 136 valence electrons. The van der Waals surface area contributed by atoms with E-state index >= 15 is 0 Å². The normalized spacial score (nSPS) is 23.5. The van der Waals surface area contributed by atoms with Gasteiger partial charge in [0.25, 0.3) is 0 Å². The zero-order chi connectivity index (χ0) is 16.4. The monoisotopic (exact) mass is 458 g/mol. The van der Waals surface area contributed by atoms with E-state index in [2.05, 4.69) is 22.2 Å². The van der Waals surface area contributed by atoms with Crippen LogP contribution in [0.25, 0.3) is 0 Å². The summed E-state index contributed by atoms with van der Waals surface area (Å²) in [4.78, 5) is 9.14. The van der Waals surface area contributed by atoms with Gasteiger partial charge >= 0.3 is 0 Å². The number of sulfone groups is 1. The summed E-state index contributed by atoms with van der Waals surface area (Å²) in [5.74, 6) is 1.04. The van der Waals surface area contributed by atoms with Crippen molar-refractivity contribution in [2.24, 2.45) is 4.99 Å². The molecule has 0 amide bonds. The van der Waals surface area contributed by atoms with Crippen molar-refractivity contribution < 1.29 is 8.42 Å². The lowest BCUT2D eigenvalue weighted by Gasteiger charge is -2.39. The van der Waals surface area contributed by atoms with E-state index in [1.807, 2.05) is 6.92 Å². The zero-order valence-corrected chi connectivity index (χ0v) is 17.9. The number of nitrogens with one attached hydrogen (secondary N) is 1. The van der Waals surface area contributed by atoms with E-state index in [1.165, 1.54) is 12.8 Å². The Labute approximate surface area is 158 Å². The van der Waals surface area contributed by atoms with Crippen LogP contribution in [-0.4, -0.2) is 80.5 Å². The molecule has 2 rings (SSSR count). The highest BCUT2D eigenvalue weighted by Gasteiger charge is 2.40. The third-order valence-corrected chi connectivity index (χ3v) is 7.10. The average molecular weight is 458 g/mol. The summed E-state index contributed by atoms with van der Waals surface area (Å²) in [7, 11) is -0.862. The van der Waals surface area contributed by atoms with Crippen molar-refractivity contribution in [1.29, 1.82) is 0 Å². The van der Waals surface area contributed by atoms with Gasteiger partial charge < -0.3 is 15.1 Å². The summed E-state index contributed by atoms with van der Waals surface area (Å²) in [6, 6.07) is 0.747. The van der Waals surface area contributed by atoms with Crippen molar-refractivity contribution in [2.45, 2.75) is 44.4 Å². The first-order chi connectivity index (χ1) is 10.3. The van der Waals surface area contributed by atoms with E-state index in [0.29, 0.717) is 13.1 Å². The van der Waals surface area contributed by atoms with Crippen LogP contribution in [0.2, 0.25) is 0 Å². The fourth-order valence-electron chi connectivity index (χ4n) is 2.76. The van der Waals surface area contributed by atoms with Gasteiger partial charge in [-0.05, 0) is 40.7 Å². The number of aliphatic imine (C=N–C) groups is 1. The standard InChI is InChI=1S/C15H30N4O2S.HI/c1-5-16-14(17-8-9-18(4)13-6-7-13)19-10-11-22(20,21)15(2,3)12-19;/h13H,5-12H2,1-4H3,(H,16,17);1H. The second-order valence-corrected chi connectivity index (χ2v) is 9.69. The predicted octanol–water partition coefficient (Wildman–Crippen LogP) is 1.17. The fourth-order valence-corrected chi connectivity index (χ4v) is 4.13. The minimum atomic E-state index is -3.01. The Morgan fingerprint density at radius 1 is 1.39 bits per heavy atom. The molecule has 1 saturated carbocycles. The number of hydrogen-bond acceptors (Lipinski definition) is 4. The van der Waals surface area contributed by atoms with Gasteiger partial charge in [0.15, 0.2) is 15.8 Å². The van der Waals surface area contributed by atoms with Crippen molar-refractivity contribution in [2.75, 3.05) is 45.5 Å². The Hall–Kier alpha value is -0.0900. The van der Waals surface area contributed by atoms with Crippen LogP contribution in [0.1, 0.15) is 33.6 Å². The lowest BCUT2D eigenvalue weighted by molar-refractivity contribution is 0.329.